The van der Waals surface area contributed by atoms with Gasteiger partial charge in [0.1, 0.15) is 0 Å². The van der Waals surface area contributed by atoms with Gasteiger partial charge in [-0.15, -0.1) is 0 Å². The molecule has 2 heteroatoms. The van der Waals surface area contributed by atoms with E-state index in [0.29, 0.717) is 0 Å². The lowest BCUT2D eigenvalue weighted by Gasteiger charge is -2.02. The zero-order valence-corrected chi connectivity index (χ0v) is 9.27. The van der Waals surface area contributed by atoms with Crippen molar-refractivity contribution < 1.29 is 0 Å². The second-order valence-electron chi connectivity index (χ2n) is 2.93. The van der Waals surface area contributed by atoms with Gasteiger partial charge in [0.05, 0.1) is 0 Å². The van der Waals surface area contributed by atoms with E-state index in [1.807, 2.05) is 24.3 Å². The molecule has 2 aromatic carbocycles. The minimum atomic E-state index is 0.826. The third-order valence-electron chi connectivity index (χ3n) is 2.03. The molecule has 0 fully saturated rings. The smallest absolute Gasteiger partial charge is 0.0487 e. The summed E-state index contributed by atoms with van der Waals surface area (Å²) in [7, 11) is 0. The number of rotatable bonds is 1. The summed E-state index contributed by atoms with van der Waals surface area (Å²) in [5.74, 6) is 0. The number of alkyl halides is 1. The summed E-state index contributed by atoms with van der Waals surface area (Å²) < 4.78 is 0. The summed E-state index contributed by atoms with van der Waals surface area (Å²) >= 11 is 9.54. The Hall–Kier alpha value is -0.530. The molecule has 0 aliphatic carbocycles. The average Bonchev–Trinajstić information content (AvgIpc) is 2.18. The zero-order valence-electron chi connectivity index (χ0n) is 6.93. The van der Waals surface area contributed by atoms with E-state index in [4.69, 9.17) is 11.6 Å². The van der Waals surface area contributed by atoms with Crippen LogP contribution in [-0.4, -0.2) is 0 Å². The molecule has 2 aromatic rings. The van der Waals surface area contributed by atoms with Crippen molar-refractivity contribution in [2.24, 2.45) is 0 Å². The molecule has 66 valence electrons. The van der Waals surface area contributed by atoms with Crippen LogP contribution in [0.5, 0.6) is 0 Å². The van der Waals surface area contributed by atoms with E-state index in [-0.39, 0.29) is 0 Å². The van der Waals surface area contributed by atoms with Gasteiger partial charge in [-0.1, -0.05) is 57.9 Å². The maximum atomic E-state index is 6.12. The maximum Gasteiger partial charge on any atom is 0.0487 e. The fourth-order valence-electron chi connectivity index (χ4n) is 1.40. The van der Waals surface area contributed by atoms with Crippen molar-refractivity contribution in [3.05, 3.63) is 47.0 Å². The first-order chi connectivity index (χ1) is 6.31. The summed E-state index contributed by atoms with van der Waals surface area (Å²) in [6, 6.07) is 12.3. The van der Waals surface area contributed by atoms with Crippen LogP contribution in [0.2, 0.25) is 5.02 Å². The summed E-state index contributed by atoms with van der Waals surface area (Å²) in [4.78, 5) is 0. The van der Waals surface area contributed by atoms with Gasteiger partial charge in [0.25, 0.3) is 0 Å². The molecular weight excluding hydrogens is 247 g/mol. The predicted molar refractivity (Wildman–Crippen MR) is 61.6 cm³/mol. The van der Waals surface area contributed by atoms with Crippen molar-refractivity contribution in [1.29, 1.82) is 0 Å². The number of halogens is 2. The highest BCUT2D eigenvalue weighted by molar-refractivity contribution is 9.08. The van der Waals surface area contributed by atoms with Gasteiger partial charge < -0.3 is 0 Å². The van der Waals surface area contributed by atoms with Crippen LogP contribution in [0.3, 0.4) is 0 Å². The van der Waals surface area contributed by atoms with Gasteiger partial charge in [-0.2, -0.15) is 0 Å². The Morgan fingerprint density at radius 1 is 1.15 bits per heavy atom. The lowest BCUT2D eigenvalue weighted by atomic mass is 10.1. The topological polar surface area (TPSA) is 0 Å². The van der Waals surface area contributed by atoms with Crippen LogP contribution < -0.4 is 0 Å². The first-order valence-corrected chi connectivity index (χ1v) is 5.54. The highest BCUT2D eigenvalue weighted by atomic mass is 79.9. The van der Waals surface area contributed by atoms with Gasteiger partial charge in [-0.05, 0) is 17.0 Å². The summed E-state index contributed by atoms with van der Waals surface area (Å²) in [5, 5.41) is 3.99. The number of benzene rings is 2. The molecule has 0 N–H and O–H groups in total. The molecule has 0 bridgehead atoms. The van der Waals surface area contributed by atoms with E-state index in [1.54, 1.807) is 0 Å². The molecule has 0 saturated heterocycles. The minimum absolute atomic E-state index is 0.826. The fourth-order valence-corrected chi connectivity index (χ4v) is 2.04. The first kappa shape index (κ1) is 9.04. The Bertz CT molecular complexity index is 437. The standard InChI is InChI=1S/C11H8BrCl/c12-7-8-5-9-3-1-2-4-10(9)11(13)6-8/h1-6H,7H2. The minimum Gasteiger partial charge on any atom is -0.0876 e. The number of fused-ring (bicyclic) bond motifs is 1. The van der Waals surface area contributed by atoms with E-state index >= 15 is 0 Å². The molecule has 0 spiro atoms. The summed E-state index contributed by atoms with van der Waals surface area (Å²) in [6.07, 6.45) is 0. The molecule has 0 heterocycles. The van der Waals surface area contributed by atoms with E-state index in [1.165, 1.54) is 10.9 Å². The lowest BCUT2D eigenvalue weighted by molar-refractivity contribution is 1.46. The third kappa shape index (κ3) is 1.72. The molecular formula is C11H8BrCl. The van der Waals surface area contributed by atoms with Crippen LogP contribution in [0, 0.1) is 0 Å². The van der Waals surface area contributed by atoms with Crippen LogP contribution in [0.1, 0.15) is 5.56 Å². The third-order valence-corrected chi connectivity index (χ3v) is 2.99. The van der Waals surface area contributed by atoms with E-state index in [9.17, 15) is 0 Å². The monoisotopic (exact) mass is 254 g/mol. The van der Waals surface area contributed by atoms with Gasteiger partial charge in [0.2, 0.25) is 0 Å². The summed E-state index contributed by atoms with van der Waals surface area (Å²) in [5.41, 5.74) is 1.21. The van der Waals surface area contributed by atoms with Gasteiger partial charge in [0, 0.05) is 15.7 Å². The Morgan fingerprint density at radius 3 is 2.69 bits per heavy atom. The van der Waals surface area contributed by atoms with Gasteiger partial charge >= 0.3 is 0 Å². The van der Waals surface area contributed by atoms with E-state index < -0.39 is 0 Å². The maximum absolute atomic E-state index is 6.12. The number of hydrogen-bond donors (Lipinski definition) is 0. The molecule has 0 amide bonds. The van der Waals surface area contributed by atoms with Crippen molar-refractivity contribution in [1.82, 2.24) is 0 Å². The highest BCUT2D eigenvalue weighted by Crippen LogP contribution is 2.25. The normalized spacial score (nSPS) is 10.6. The van der Waals surface area contributed by atoms with Crippen molar-refractivity contribution in [2.75, 3.05) is 0 Å². The fraction of sp³-hybridized carbons (Fsp3) is 0.0909. The molecule has 0 aliphatic heterocycles. The Morgan fingerprint density at radius 2 is 1.92 bits per heavy atom. The largest absolute Gasteiger partial charge is 0.0876 e. The van der Waals surface area contributed by atoms with Gasteiger partial charge in [0.15, 0.2) is 0 Å². The van der Waals surface area contributed by atoms with E-state index in [2.05, 4.69) is 28.1 Å². The Labute approximate surface area is 90.6 Å². The molecule has 0 radical (unpaired) electrons. The number of hydrogen-bond acceptors (Lipinski definition) is 0. The molecule has 13 heavy (non-hydrogen) atoms. The average molecular weight is 256 g/mol. The highest BCUT2D eigenvalue weighted by Gasteiger charge is 2.00. The van der Waals surface area contributed by atoms with Gasteiger partial charge in [-0.3, -0.25) is 0 Å². The molecule has 0 aromatic heterocycles. The second-order valence-corrected chi connectivity index (χ2v) is 3.90. The molecule has 0 atom stereocenters. The molecule has 0 saturated carbocycles. The van der Waals surface area contributed by atoms with Crippen LogP contribution in [0.15, 0.2) is 36.4 Å². The van der Waals surface area contributed by atoms with Crippen molar-refractivity contribution in [3.63, 3.8) is 0 Å². The van der Waals surface area contributed by atoms with Crippen molar-refractivity contribution in [2.45, 2.75) is 5.33 Å². The van der Waals surface area contributed by atoms with Gasteiger partial charge in [-0.25, -0.2) is 0 Å². The molecule has 2 rings (SSSR count). The van der Waals surface area contributed by atoms with E-state index in [0.717, 1.165) is 15.7 Å². The van der Waals surface area contributed by atoms with Crippen molar-refractivity contribution >= 4 is 38.3 Å². The molecule has 0 aliphatic rings. The zero-order chi connectivity index (χ0) is 9.26. The lowest BCUT2D eigenvalue weighted by Crippen LogP contribution is -1.79. The Kier molecular flexibility index (Phi) is 2.56. The molecule has 0 unspecified atom stereocenters. The summed E-state index contributed by atoms with van der Waals surface area (Å²) in [6.45, 7) is 0. The van der Waals surface area contributed by atoms with Crippen LogP contribution >= 0.6 is 27.5 Å². The van der Waals surface area contributed by atoms with Crippen LogP contribution in [0.25, 0.3) is 10.8 Å². The second kappa shape index (κ2) is 3.69. The SMILES string of the molecule is Clc1cc(CBr)cc2ccccc12. The molecule has 0 nitrogen and oxygen atoms in total. The van der Waals surface area contributed by atoms with Crippen LogP contribution in [-0.2, 0) is 5.33 Å². The Balaban J connectivity index is 2.77. The van der Waals surface area contributed by atoms with Crippen molar-refractivity contribution in [3.8, 4) is 0 Å². The quantitative estimate of drug-likeness (QED) is 0.663. The van der Waals surface area contributed by atoms with Crippen LogP contribution in [0.4, 0.5) is 0 Å². The predicted octanol–water partition coefficient (Wildman–Crippen LogP) is 4.39. The first-order valence-electron chi connectivity index (χ1n) is 4.04.